The first-order chi connectivity index (χ1) is 14.6. The maximum Gasteiger partial charge on any atom is 0.242 e. The second-order valence-electron chi connectivity index (χ2n) is 7.05. The van der Waals surface area contributed by atoms with Crippen molar-refractivity contribution in [3.05, 3.63) is 47.8 Å². The van der Waals surface area contributed by atoms with Crippen LogP contribution in [0.4, 0.5) is 0 Å². The van der Waals surface area contributed by atoms with E-state index < -0.39 is 0 Å². The van der Waals surface area contributed by atoms with Gasteiger partial charge in [-0.3, -0.25) is 9.48 Å². The van der Waals surface area contributed by atoms with E-state index in [0.29, 0.717) is 25.7 Å². The molecule has 170 valence electrons. The highest BCUT2D eigenvalue weighted by molar-refractivity contribution is 14.0. The summed E-state index contributed by atoms with van der Waals surface area (Å²) in [5, 5.41) is 10.4. The van der Waals surface area contributed by atoms with Gasteiger partial charge < -0.3 is 25.0 Å². The lowest BCUT2D eigenvalue weighted by molar-refractivity contribution is -0.119. The van der Waals surface area contributed by atoms with Gasteiger partial charge in [0, 0.05) is 38.4 Å². The van der Waals surface area contributed by atoms with Gasteiger partial charge in [-0.2, -0.15) is 5.10 Å². The van der Waals surface area contributed by atoms with Gasteiger partial charge >= 0.3 is 0 Å². The van der Waals surface area contributed by atoms with Crippen LogP contribution >= 0.6 is 24.0 Å². The second kappa shape index (κ2) is 12.5. The first-order valence-corrected chi connectivity index (χ1v) is 10.1. The van der Waals surface area contributed by atoms with Crippen molar-refractivity contribution in [3.63, 3.8) is 0 Å². The zero-order chi connectivity index (χ0) is 21.3. The van der Waals surface area contributed by atoms with Crippen molar-refractivity contribution < 1.29 is 14.3 Å². The van der Waals surface area contributed by atoms with Crippen LogP contribution in [0.3, 0.4) is 0 Å². The number of aromatic nitrogens is 2. The van der Waals surface area contributed by atoms with Gasteiger partial charge in [0.25, 0.3) is 0 Å². The molecule has 1 aromatic heterocycles. The summed E-state index contributed by atoms with van der Waals surface area (Å²) in [5.41, 5.74) is 2.04. The molecule has 2 aromatic rings. The van der Waals surface area contributed by atoms with Crippen LogP contribution < -0.4 is 15.4 Å². The number of benzene rings is 1. The molecule has 1 aliphatic heterocycles. The first-order valence-electron chi connectivity index (χ1n) is 10.1. The smallest absolute Gasteiger partial charge is 0.242 e. The quantitative estimate of drug-likeness (QED) is 0.315. The number of amides is 1. The Labute approximate surface area is 200 Å². The minimum absolute atomic E-state index is 0. The third kappa shape index (κ3) is 7.39. The predicted molar refractivity (Wildman–Crippen MR) is 130 cm³/mol. The van der Waals surface area contributed by atoms with Gasteiger partial charge in [0.05, 0.1) is 26.5 Å². The summed E-state index contributed by atoms with van der Waals surface area (Å²) in [4.78, 5) is 19.0. The molecule has 0 saturated carbocycles. The van der Waals surface area contributed by atoms with E-state index in [9.17, 15) is 4.79 Å². The molecule has 1 aliphatic rings. The molecule has 1 amide bonds. The number of aryl methyl sites for hydroxylation is 1. The van der Waals surface area contributed by atoms with Crippen LogP contribution in [0.5, 0.6) is 5.75 Å². The number of nitrogens with zero attached hydrogens (tertiary/aromatic N) is 4. The molecule has 2 heterocycles. The molecule has 0 aliphatic carbocycles. The second-order valence-corrected chi connectivity index (χ2v) is 7.05. The molecular formula is C21H31IN6O3. The van der Waals surface area contributed by atoms with E-state index >= 15 is 0 Å². The number of carbonyl (C=O) groups is 1. The molecule has 31 heavy (non-hydrogen) atoms. The molecular weight excluding hydrogens is 511 g/mol. The summed E-state index contributed by atoms with van der Waals surface area (Å²) in [6.45, 7) is 5.22. The lowest BCUT2D eigenvalue weighted by Gasteiger charge is -2.34. The van der Waals surface area contributed by atoms with Gasteiger partial charge in [-0.25, -0.2) is 4.99 Å². The lowest BCUT2D eigenvalue weighted by atomic mass is 10.1. The number of nitrogens with one attached hydrogen (secondary N) is 2. The van der Waals surface area contributed by atoms with E-state index in [0.717, 1.165) is 30.0 Å². The number of methoxy groups -OCH3 is 1. The van der Waals surface area contributed by atoms with Crippen LogP contribution in [0.2, 0.25) is 0 Å². The highest BCUT2D eigenvalue weighted by Gasteiger charge is 2.25. The van der Waals surface area contributed by atoms with E-state index in [2.05, 4.69) is 25.6 Å². The van der Waals surface area contributed by atoms with Gasteiger partial charge in [-0.1, -0.05) is 12.1 Å². The lowest BCUT2D eigenvalue weighted by Crippen LogP contribution is -2.48. The molecule has 1 unspecified atom stereocenters. The maximum absolute atomic E-state index is 12.3. The largest absolute Gasteiger partial charge is 0.497 e. The summed E-state index contributed by atoms with van der Waals surface area (Å²) in [5.74, 6) is 1.38. The number of aliphatic imine (C=N–C) groups is 1. The van der Waals surface area contributed by atoms with Crippen LogP contribution in [0.1, 0.15) is 24.2 Å². The highest BCUT2D eigenvalue weighted by Crippen LogP contribution is 2.21. The predicted octanol–water partition coefficient (Wildman–Crippen LogP) is 1.70. The highest BCUT2D eigenvalue weighted by atomic mass is 127. The third-order valence-corrected chi connectivity index (χ3v) is 4.82. The van der Waals surface area contributed by atoms with E-state index in [1.165, 1.54) is 0 Å². The third-order valence-electron chi connectivity index (χ3n) is 4.82. The fourth-order valence-corrected chi connectivity index (χ4v) is 3.22. The topological polar surface area (TPSA) is 93.0 Å². The zero-order valence-electron chi connectivity index (χ0n) is 18.2. The van der Waals surface area contributed by atoms with Crippen molar-refractivity contribution in [3.8, 4) is 5.75 Å². The Bertz CT molecular complexity index is 855. The van der Waals surface area contributed by atoms with Gasteiger partial charge in [-0.15, -0.1) is 24.0 Å². The zero-order valence-corrected chi connectivity index (χ0v) is 20.5. The van der Waals surface area contributed by atoms with Crippen molar-refractivity contribution in [1.82, 2.24) is 25.3 Å². The van der Waals surface area contributed by atoms with Crippen LogP contribution in [-0.4, -0.2) is 66.4 Å². The molecule has 9 nitrogen and oxygen atoms in total. The Morgan fingerprint density at radius 1 is 1.32 bits per heavy atom. The number of hydrogen-bond donors (Lipinski definition) is 2. The van der Waals surface area contributed by atoms with Crippen molar-refractivity contribution >= 4 is 35.8 Å². The van der Waals surface area contributed by atoms with Gasteiger partial charge in [-0.05, 0) is 24.6 Å². The number of hydrogen-bond acceptors (Lipinski definition) is 5. The van der Waals surface area contributed by atoms with Crippen molar-refractivity contribution in [2.24, 2.45) is 12.0 Å². The summed E-state index contributed by atoms with van der Waals surface area (Å²) < 4.78 is 12.8. The van der Waals surface area contributed by atoms with Crippen molar-refractivity contribution in [2.75, 3.05) is 39.9 Å². The van der Waals surface area contributed by atoms with Gasteiger partial charge in [0.1, 0.15) is 18.4 Å². The SMILES string of the molecule is CCNC(=NCC(=O)NCc1ccc(OC)cc1)N1CCOC(c2cnn(C)c2)C1.I. The van der Waals surface area contributed by atoms with E-state index in [1.54, 1.807) is 11.8 Å². The first kappa shape index (κ1) is 24.9. The van der Waals surface area contributed by atoms with Crippen LogP contribution in [0, 0.1) is 0 Å². The normalized spacial score (nSPS) is 16.4. The van der Waals surface area contributed by atoms with Crippen molar-refractivity contribution in [1.29, 1.82) is 0 Å². The summed E-state index contributed by atoms with van der Waals surface area (Å²) in [7, 11) is 3.52. The van der Waals surface area contributed by atoms with Gasteiger partial charge in [0.15, 0.2) is 5.96 Å². The molecule has 0 radical (unpaired) electrons. The maximum atomic E-state index is 12.3. The molecule has 3 rings (SSSR count). The Kier molecular flexibility index (Phi) is 10.0. The van der Waals surface area contributed by atoms with Crippen molar-refractivity contribution in [2.45, 2.75) is 19.6 Å². The average Bonchev–Trinajstić information content (AvgIpc) is 3.22. The number of morpholine rings is 1. The summed E-state index contributed by atoms with van der Waals surface area (Å²) in [6, 6.07) is 7.61. The fraction of sp³-hybridized carbons (Fsp3) is 0.476. The Hall–Kier alpha value is -2.34. The van der Waals surface area contributed by atoms with E-state index in [4.69, 9.17) is 9.47 Å². The summed E-state index contributed by atoms with van der Waals surface area (Å²) >= 11 is 0. The monoisotopic (exact) mass is 542 g/mol. The minimum Gasteiger partial charge on any atom is -0.497 e. The molecule has 10 heteroatoms. The number of rotatable bonds is 7. The minimum atomic E-state index is -0.127. The summed E-state index contributed by atoms with van der Waals surface area (Å²) in [6.07, 6.45) is 3.72. The number of guanidine groups is 1. The average molecular weight is 542 g/mol. The molecule has 2 N–H and O–H groups in total. The molecule has 0 spiro atoms. The van der Waals surface area contributed by atoms with E-state index in [1.807, 2.05) is 50.6 Å². The fourth-order valence-electron chi connectivity index (χ4n) is 3.22. The Morgan fingerprint density at radius 2 is 2.10 bits per heavy atom. The Morgan fingerprint density at radius 3 is 2.74 bits per heavy atom. The van der Waals surface area contributed by atoms with Crippen LogP contribution in [-0.2, 0) is 23.1 Å². The molecule has 1 saturated heterocycles. The molecule has 1 aromatic carbocycles. The standard InChI is InChI=1S/C21H30N6O3.HI/c1-4-22-21(27-9-10-30-19(15-27)17-12-25-26(2)14-17)24-13-20(28)23-11-16-5-7-18(29-3)8-6-16;/h5-8,12,14,19H,4,9-11,13,15H2,1-3H3,(H,22,24)(H,23,28);1H. The molecule has 1 fully saturated rings. The molecule has 0 bridgehead atoms. The Balaban J connectivity index is 0.00000341. The van der Waals surface area contributed by atoms with Crippen LogP contribution in [0.15, 0.2) is 41.7 Å². The van der Waals surface area contributed by atoms with Crippen LogP contribution in [0.25, 0.3) is 0 Å². The number of carbonyl (C=O) groups excluding carboxylic acids is 1. The molecule has 1 atom stereocenters. The van der Waals surface area contributed by atoms with Gasteiger partial charge in [0.2, 0.25) is 5.91 Å². The number of halogens is 1. The van der Waals surface area contributed by atoms with E-state index in [-0.39, 0.29) is 42.5 Å². The number of ether oxygens (including phenoxy) is 2.